The van der Waals surface area contributed by atoms with Crippen molar-refractivity contribution in [2.24, 2.45) is 5.16 Å². The van der Waals surface area contributed by atoms with Crippen molar-refractivity contribution in [1.82, 2.24) is 0 Å². The number of carbonyl (C=O) groups excluding carboxylic acids is 1. The van der Waals surface area contributed by atoms with Gasteiger partial charge in [0.1, 0.15) is 0 Å². The highest BCUT2D eigenvalue weighted by atomic mass is 32.2. The van der Waals surface area contributed by atoms with Gasteiger partial charge >= 0.3 is 0 Å². The van der Waals surface area contributed by atoms with Crippen molar-refractivity contribution in [3.63, 3.8) is 0 Å². The quantitative estimate of drug-likeness (QED) is 0.496. The Morgan fingerprint density at radius 1 is 1.42 bits per heavy atom. The Morgan fingerprint density at radius 2 is 2.11 bits per heavy atom. The maximum absolute atomic E-state index is 12.2. The molecule has 104 valence electrons. The predicted molar refractivity (Wildman–Crippen MR) is 72.7 cm³/mol. The van der Waals surface area contributed by atoms with Crippen LogP contribution >= 0.6 is 12.1 Å². The van der Waals surface area contributed by atoms with Crippen LogP contribution in [0.3, 0.4) is 0 Å². The Kier molecular flexibility index (Phi) is 6.73. The second-order valence-corrected chi connectivity index (χ2v) is 4.09. The number of carbonyl (C=O) groups is 1. The van der Waals surface area contributed by atoms with Crippen molar-refractivity contribution >= 4 is 29.6 Å². The van der Waals surface area contributed by atoms with Gasteiger partial charge < -0.3 is 14.9 Å². The molecule has 0 radical (unpaired) electrons. The minimum Gasteiger partial charge on any atom is -0.479 e. The first-order valence-electron chi connectivity index (χ1n) is 5.63. The fourth-order valence-electron chi connectivity index (χ4n) is 1.20. The van der Waals surface area contributed by atoms with E-state index in [1.54, 1.807) is 31.2 Å². The van der Waals surface area contributed by atoms with Gasteiger partial charge in [0.15, 0.2) is 6.61 Å². The number of nitrogens with one attached hydrogen (secondary N) is 1. The summed E-state index contributed by atoms with van der Waals surface area (Å²) in [5, 5.41) is 6.20. The number of anilines is 1. The fourth-order valence-corrected chi connectivity index (χ4v) is 1.44. The summed E-state index contributed by atoms with van der Waals surface area (Å²) in [6, 6.07) is 6.35. The number of hydrogen-bond acceptors (Lipinski definition) is 5. The Hall–Kier alpha value is -1.76. The maximum atomic E-state index is 12.2. The number of oxime groups is 1. The molecule has 0 saturated carbocycles. The van der Waals surface area contributed by atoms with Crippen molar-refractivity contribution < 1.29 is 18.3 Å². The molecule has 1 aromatic carbocycles. The van der Waals surface area contributed by atoms with Crippen molar-refractivity contribution in [2.75, 3.05) is 18.5 Å². The van der Waals surface area contributed by atoms with Crippen molar-refractivity contribution in [2.45, 2.75) is 18.7 Å². The Morgan fingerprint density at radius 3 is 2.68 bits per heavy atom. The van der Waals surface area contributed by atoms with Crippen molar-refractivity contribution in [3.05, 3.63) is 24.3 Å². The summed E-state index contributed by atoms with van der Waals surface area (Å²) in [5.41, 5.74) is 0.567. The molecule has 0 heterocycles. The molecule has 5 nitrogen and oxygen atoms in total. The molecule has 1 N–H and O–H groups in total. The van der Waals surface area contributed by atoms with Crippen LogP contribution in [0.1, 0.15) is 13.8 Å². The van der Waals surface area contributed by atoms with Crippen LogP contribution in [0.2, 0.25) is 0 Å². The SMILES string of the molecule is CCO/C(C)=N\OCC(=O)Nc1ccc(SF)cc1. The molecule has 7 heteroatoms. The molecule has 0 bridgehead atoms. The molecule has 1 amide bonds. The summed E-state index contributed by atoms with van der Waals surface area (Å²) in [4.78, 5) is 16.8. The van der Waals surface area contributed by atoms with Crippen LogP contribution in [0.5, 0.6) is 0 Å². The second-order valence-electron chi connectivity index (χ2n) is 3.47. The van der Waals surface area contributed by atoms with Gasteiger partial charge in [-0.05, 0) is 31.2 Å². The zero-order chi connectivity index (χ0) is 14.1. The van der Waals surface area contributed by atoms with Gasteiger partial charge in [-0.3, -0.25) is 4.79 Å². The molecular weight excluding hydrogens is 271 g/mol. The fraction of sp³-hybridized carbons (Fsp3) is 0.333. The minimum atomic E-state index is -0.353. The summed E-state index contributed by atoms with van der Waals surface area (Å²) in [7, 11) is 0. The monoisotopic (exact) mass is 286 g/mol. The van der Waals surface area contributed by atoms with Gasteiger partial charge in [-0.1, -0.05) is 5.16 Å². The van der Waals surface area contributed by atoms with E-state index in [9.17, 15) is 8.68 Å². The zero-order valence-electron chi connectivity index (χ0n) is 10.7. The first-order chi connectivity index (χ1) is 9.15. The topological polar surface area (TPSA) is 59.9 Å². The van der Waals surface area contributed by atoms with Crippen molar-refractivity contribution in [3.8, 4) is 0 Å². The van der Waals surface area contributed by atoms with E-state index in [-0.39, 0.29) is 24.7 Å². The first kappa shape index (κ1) is 15.3. The van der Waals surface area contributed by atoms with Gasteiger partial charge in [0.05, 0.1) is 18.8 Å². The third-order valence-corrected chi connectivity index (χ3v) is 2.42. The van der Waals surface area contributed by atoms with Crippen LogP contribution in [-0.2, 0) is 14.4 Å². The van der Waals surface area contributed by atoms with E-state index in [0.717, 1.165) is 0 Å². The lowest BCUT2D eigenvalue weighted by Gasteiger charge is -2.05. The Labute approximate surface area is 115 Å². The van der Waals surface area contributed by atoms with E-state index >= 15 is 0 Å². The van der Waals surface area contributed by atoms with E-state index in [1.807, 2.05) is 6.92 Å². The van der Waals surface area contributed by atoms with Gasteiger partial charge in [0.25, 0.3) is 5.91 Å². The second kappa shape index (κ2) is 8.36. The average Bonchev–Trinajstić information content (AvgIpc) is 2.40. The molecule has 0 aromatic heterocycles. The zero-order valence-corrected chi connectivity index (χ0v) is 11.5. The van der Waals surface area contributed by atoms with Gasteiger partial charge in [0, 0.05) is 17.5 Å². The average molecular weight is 286 g/mol. The molecule has 0 aliphatic carbocycles. The molecule has 0 atom stereocenters. The third-order valence-electron chi connectivity index (χ3n) is 1.97. The van der Waals surface area contributed by atoms with E-state index in [4.69, 9.17) is 9.57 Å². The molecule has 0 unspecified atom stereocenters. The van der Waals surface area contributed by atoms with Gasteiger partial charge in [0.2, 0.25) is 5.90 Å². The van der Waals surface area contributed by atoms with Crippen LogP contribution in [0.15, 0.2) is 34.3 Å². The Balaban J connectivity index is 2.36. The Bertz CT molecular complexity index is 437. The van der Waals surface area contributed by atoms with Gasteiger partial charge in [-0.15, -0.1) is 0 Å². The minimum absolute atomic E-state index is 0.149. The largest absolute Gasteiger partial charge is 0.479 e. The number of ether oxygens (including phenoxy) is 1. The number of halogens is 1. The molecule has 0 aliphatic rings. The number of amides is 1. The van der Waals surface area contributed by atoms with E-state index in [2.05, 4.69) is 10.5 Å². The number of rotatable bonds is 6. The molecule has 1 aromatic rings. The molecule has 0 fully saturated rings. The molecule has 19 heavy (non-hydrogen) atoms. The van der Waals surface area contributed by atoms with Crippen molar-refractivity contribution in [1.29, 1.82) is 0 Å². The number of benzene rings is 1. The lowest BCUT2D eigenvalue weighted by molar-refractivity contribution is -0.120. The lowest BCUT2D eigenvalue weighted by atomic mass is 10.3. The summed E-state index contributed by atoms with van der Waals surface area (Å²) in [5.74, 6) is 0.00771. The maximum Gasteiger partial charge on any atom is 0.265 e. The van der Waals surface area contributed by atoms with Gasteiger partial charge in [-0.2, -0.15) is 3.89 Å². The van der Waals surface area contributed by atoms with Crippen LogP contribution in [-0.4, -0.2) is 25.0 Å². The number of hydrogen-bond donors (Lipinski definition) is 1. The highest BCUT2D eigenvalue weighted by Crippen LogP contribution is 2.20. The summed E-state index contributed by atoms with van der Waals surface area (Å²) < 4.78 is 17.2. The van der Waals surface area contributed by atoms with Crippen LogP contribution in [0.25, 0.3) is 0 Å². The summed E-state index contributed by atoms with van der Waals surface area (Å²) in [6.45, 7) is 3.73. The van der Waals surface area contributed by atoms with Crippen LogP contribution in [0, 0.1) is 0 Å². The number of nitrogens with zero attached hydrogens (tertiary/aromatic N) is 1. The standard InChI is InChI=1S/C12H15FN2O3S/c1-3-17-9(2)15-18-8-12(16)14-10-4-6-11(19-13)7-5-10/h4-7H,3,8H2,1-2H3,(H,14,16)/b15-9-. The molecule has 0 spiro atoms. The van der Waals surface area contributed by atoms with E-state index in [1.165, 1.54) is 0 Å². The molecular formula is C12H15FN2O3S. The third kappa shape index (κ3) is 6.10. The van der Waals surface area contributed by atoms with Crippen LogP contribution < -0.4 is 5.32 Å². The smallest absolute Gasteiger partial charge is 0.265 e. The molecule has 0 saturated heterocycles. The molecule has 0 aliphatic heterocycles. The highest BCUT2D eigenvalue weighted by Gasteiger charge is 2.03. The normalized spacial score (nSPS) is 11.0. The first-order valence-corrected chi connectivity index (χ1v) is 6.35. The van der Waals surface area contributed by atoms with Gasteiger partial charge in [-0.25, -0.2) is 0 Å². The predicted octanol–water partition coefficient (Wildman–Crippen LogP) is 2.99. The van der Waals surface area contributed by atoms with E-state index < -0.39 is 0 Å². The highest BCUT2D eigenvalue weighted by molar-refractivity contribution is 7.94. The summed E-state index contributed by atoms with van der Waals surface area (Å²) in [6.07, 6.45) is 0. The molecule has 1 rings (SSSR count). The van der Waals surface area contributed by atoms with E-state index in [0.29, 0.717) is 23.1 Å². The lowest BCUT2D eigenvalue weighted by Crippen LogP contribution is -2.17. The summed E-state index contributed by atoms with van der Waals surface area (Å²) >= 11 is 0.149. The van der Waals surface area contributed by atoms with Crippen LogP contribution in [0.4, 0.5) is 9.57 Å².